The van der Waals surface area contributed by atoms with Gasteiger partial charge in [-0.15, -0.1) is 0 Å². The van der Waals surface area contributed by atoms with Gasteiger partial charge in [0.1, 0.15) is 5.82 Å². The quantitative estimate of drug-likeness (QED) is 0.564. The number of halogens is 3. The van der Waals surface area contributed by atoms with Gasteiger partial charge in [-0.3, -0.25) is 4.79 Å². The molecule has 0 radical (unpaired) electrons. The van der Waals surface area contributed by atoms with Crippen LogP contribution < -0.4 is 16.6 Å². The van der Waals surface area contributed by atoms with Gasteiger partial charge in [0.2, 0.25) is 0 Å². The number of aromatic nitrogens is 1. The largest absolute Gasteiger partial charge is 0.319 e. The zero-order valence-electron chi connectivity index (χ0n) is 9.95. The molecule has 0 aliphatic carbocycles. The lowest BCUT2D eigenvalue weighted by Gasteiger charge is -2.10. The van der Waals surface area contributed by atoms with Crippen LogP contribution in [0.4, 0.5) is 11.5 Å². The summed E-state index contributed by atoms with van der Waals surface area (Å²) in [4.78, 5) is 16.0. The standard InChI is InChI=1S/C12H9BrCl2N4O/c13-7-3-8(14)11(9(15)4-7)18-12(20)6-1-2-10(19-16)17-5-6/h1-5H,16H2,(H,17,19)(H,18,20). The van der Waals surface area contributed by atoms with E-state index >= 15 is 0 Å². The van der Waals surface area contributed by atoms with Gasteiger partial charge in [0.25, 0.3) is 5.91 Å². The van der Waals surface area contributed by atoms with E-state index in [4.69, 9.17) is 29.0 Å². The molecule has 0 spiro atoms. The number of amides is 1. The molecule has 8 heteroatoms. The maximum atomic E-state index is 12.1. The zero-order valence-corrected chi connectivity index (χ0v) is 13.1. The second-order valence-electron chi connectivity index (χ2n) is 3.78. The summed E-state index contributed by atoms with van der Waals surface area (Å²) in [6.07, 6.45) is 1.39. The van der Waals surface area contributed by atoms with E-state index in [1.165, 1.54) is 6.20 Å². The number of hydrazine groups is 1. The van der Waals surface area contributed by atoms with Crippen LogP contribution in [0, 0.1) is 0 Å². The molecule has 0 bridgehead atoms. The highest BCUT2D eigenvalue weighted by molar-refractivity contribution is 9.10. The van der Waals surface area contributed by atoms with Crippen LogP contribution in [0.3, 0.4) is 0 Å². The molecular formula is C12H9BrCl2N4O. The second kappa shape index (κ2) is 6.41. The van der Waals surface area contributed by atoms with Gasteiger partial charge in [-0.2, -0.15) is 0 Å². The van der Waals surface area contributed by atoms with Gasteiger partial charge in [-0.05, 0) is 24.3 Å². The maximum Gasteiger partial charge on any atom is 0.257 e. The molecule has 1 heterocycles. The first-order chi connectivity index (χ1) is 9.51. The van der Waals surface area contributed by atoms with Gasteiger partial charge in [-0.25, -0.2) is 10.8 Å². The van der Waals surface area contributed by atoms with Crippen molar-refractivity contribution in [1.82, 2.24) is 4.98 Å². The van der Waals surface area contributed by atoms with Crippen LogP contribution >= 0.6 is 39.1 Å². The second-order valence-corrected chi connectivity index (χ2v) is 5.51. The summed E-state index contributed by atoms with van der Waals surface area (Å²) < 4.78 is 0.727. The minimum absolute atomic E-state index is 0.339. The molecule has 0 saturated heterocycles. The molecule has 0 aliphatic rings. The first-order valence-corrected chi connectivity index (χ1v) is 6.94. The highest BCUT2D eigenvalue weighted by Crippen LogP contribution is 2.34. The number of pyridine rings is 1. The Bertz CT molecular complexity index is 625. The fourth-order valence-corrected chi connectivity index (χ4v) is 2.76. The molecule has 20 heavy (non-hydrogen) atoms. The first-order valence-electron chi connectivity index (χ1n) is 5.40. The highest BCUT2D eigenvalue weighted by atomic mass is 79.9. The third-order valence-corrected chi connectivity index (χ3v) is 3.47. The molecule has 1 aromatic carbocycles. The van der Waals surface area contributed by atoms with Crippen molar-refractivity contribution in [2.75, 3.05) is 10.7 Å². The molecule has 5 nitrogen and oxygen atoms in total. The summed E-state index contributed by atoms with van der Waals surface area (Å²) in [7, 11) is 0. The van der Waals surface area contributed by atoms with Crippen molar-refractivity contribution in [3.63, 3.8) is 0 Å². The van der Waals surface area contributed by atoms with E-state index in [0.29, 0.717) is 27.1 Å². The third kappa shape index (κ3) is 3.40. The van der Waals surface area contributed by atoms with Crippen molar-refractivity contribution in [3.8, 4) is 0 Å². The Hall–Kier alpha value is -1.34. The van der Waals surface area contributed by atoms with E-state index in [0.717, 1.165) is 4.47 Å². The number of nitrogens with two attached hydrogens (primary N) is 1. The average Bonchev–Trinajstić information content (AvgIpc) is 2.42. The van der Waals surface area contributed by atoms with Crippen LogP contribution in [0.2, 0.25) is 10.0 Å². The minimum atomic E-state index is -0.368. The summed E-state index contributed by atoms with van der Waals surface area (Å²) >= 11 is 15.3. The van der Waals surface area contributed by atoms with Gasteiger partial charge in [-0.1, -0.05) is 39.1 Å². The van der Waals surface area contributed by atoms with Crippen LogP contribution in [-0.4, -0.2) is 10.9 Å². The number of hydrogen-bond donors (Lipinski definition) is 3. The SMILES string of the molecule is NNc1ccc(C(=O)Nc2c(Cl)cc(Br)cc2Cl)cn1. The number of rotatable bonds is 3. The number of hydrogen-bond acceptors (Lipinski definition) is 4. The summed E-state index contributed by atoms with van der Waals surface area (Å²) in [6.45, 7) is 0. The zero-order chi connectivity index (χ0) is 14.7. The summed E-state index contributed by atoms with van der Waals surface area (Å²) in [5, 5.41) is 3.32. The Morgan fingerprint density at radius 2 is 1.90 bits per heavy atom. The van der Waals surface area contributed by atoms with E-state index in [-0.39, 0.29) is 5.91 Å². The Labute approximate surface area is 133 Å². The van der Waals surface area contributed by atoms with E-state index in [1.807, 2.05) is 0 Å². The molecule has 0 fully saturated rings. The van der Waals surface area contributed by atoms with E-state index in [2.05, 4.69) is 31.7 Å². The lowest BCUT2D eigenvalue weighted by atomic mass is 10.2. The number of anilines is 2. The van der Waals surface area contributed by atoms with Crippen LogP contribution in [0.25, 0.3) is 0 Å². The van der Waals surface area contributed by atoms with Crippen LogP contribution in [0.5, 0.6) is 0 Å². The average molecular weight is 376 g/mol. The molecular weight excluding hydrogens is 367 g/mol. The van der Waals surface area contributed by atoms with Crippen molar-refractivity contribution in [1.29, 1.82) is 0 Å². The van der Waals surface area contributed by atoms with Gasteiger partial charge < -0.3 is 10.7 Å². The predicted molar refractivity (Wildman–Crippen MR) is 84.2 cm³/mol. The van der Waals surface area contributed by atoms with Gasteiger partial charge in [0.15, 0.2) is 0 Å². The van der Waals surface area contributed by atoms with Gasteiger partial charge >= 0.3 is 0 Å². The molecule has 104 valence electrons. The number of benzene rings is 1. The van der Waals surface area contributed by atoms with E-state index in [9.17, 15) is 4.79 Å². The summed E-state index contributed by atoms with van der Waals surface area (Å²) in [6, 6.07) is 6.45. The molecule has 1 amide bonds. The van der Waals surface area contributed by atoms with Crippen molar-refractivity contribution < 1.29 is 4.79 Å². The fourth-order valence-electron chi connectivity index (χ4n) is 1.46. The van der Waals surface area contributed by atoms with Gasteiger partial charge in [0.05, 0.1) is 21.3 Å². The number of carbonyl (C=O) groups excluding carboxylic acids is 1. The molecule has 0 saturated carbocycles. The topological polar surface area (TPSA) is 80.0 Å². The molecule has 1 aromatic heterocycles. The summed E-state index contributed by atoms with van der Waals surface area (Å²) in [5.41, 5.74) is 3.09. The molecule has 0 atom stereocenters. The Kier molecular flexibility index (Phi) is 4.82. The highest BCUT2D eigenvalue weighted by Gasteiger charge is 2.13. The molecule has 0 aliphatic heterocycles. The van der Waals surface area contributed by atoms with Gasteiger partial charge in [0, 0.05) is 10.7 Å². The molecule has 2 aromatic rings. The fraction of sp³-hybridized carbons (Fsp3) is 0. The smallest absolute Gasteiger partial charge is 0.257 e. The van der Waals surface area contributed by atoms with Crippen LogP contribution in [0.15, 0.2) is 34.9 Å². The lowest BCUT2D eigenvalue weighted by molar-refractivity contribution is 0.102. The third-order valence-electron chi connectivity index (χ3n) is 2.42. The summed E-state index contributed by atoms with van der Waals surface area (Å²) in [5.74, 6) is 5.29. The number of nitrogen functional groups attached to an aromatic ring is 1. The van der Waals surface area contributed by atoms with E-state index < -0.39 is 0 Å². The molecule has 0 unspecified atom stereocenters. The minimum Gasteiger partial charge on any atom is -0.319 e. The van der Waals surface area contributed by atoms with Crippen molar-refractivity contribution >= 4 is 56.5 Å². The van der Waals surface area contributed by atoms with E-state index in [1.54, 1.807) is 24.3 Å². The number of nitrogens with zero attached hydrogens (tertiary/aromatic N) is 1. The number of nitrogens with one attached hydrogen (secondary N) is 2. The Morgan fingerprint density at radius 3 is 2.40 bits per heavy atom. The first kappa shape index (κ1) is 15.1. The monoisotopic (exact) mass is 374 g/mol. The van der Waals surface area contributed by atoms with Crippen molar-refractivity contribution in [2.45, 2.75) is 0 Å². The Balaban J connectivity index is 2.23. The van der Waals surface area contributed by atoms with Crippen LogP contribution in [0.1, 0.15) is 10.4 Å². The Morgan fingerprint density at radius 1 is 1.25 bits per heavy atom. The van der Waals surface area contributed by atoms with Crippen LogP contribution in [-0.2, 0) is 0 Å². The molecule has 2 rings (SSSR count). The lowest BCUT2D eigenvalue weighted by Crippen LogP contribution is -2.14. The number of carbonyl (C=O) groups is 1. The normalized spacial score (nSPS) is 10.2. The molecule has 4 N–H and O–H groups in total. The maximum absolute atomic E-state index is 12.1. The predicted octanol–water partition coefficient (Wildman–Crippen LogP) is 3.69. The van der Waals surface area contributed by atoms with Crippen molar-refractivity contribution in [2.24, 2.45) is 5.84 Å². The van der Waals surface area contributed by atoms with Crippen molar-refractivity contribution in [3.05, 3.63) is 50.5 Å².